The number of phenolic OH excluding ortho intramolecular Hbond substituents is 1. The maximum Gasteiger partial charge on any atom is 0.142 e. The first-order valence-electron chi connectivity index (χ1n) is 11.5. The Labute approximate surface area is 212 Å². The number of phenols is 1. The summed E-state index contributed by atoms with van der Waals surface area (Å²) in [5.74, 6) is 12.4. The van der Waals surface area contributed by atoms with Crippen LogP contribution in [0.4, 0.5) is 5.69 Å². The van der Waals surface area contributed by atoms with Crippen LogP contribution in [-0.2, 0) is 12.8 Å². The number of aromatic hydroxyl groups is 1. The van der Waals surface area contributed by atoms with Gasteiger partial charge in [0.2, 0.25) is 0 Å². The third-order valence-electron chi connectivity index (χ3n) is 5.77. The number of hydrogen-bond donors (Lipinski definition) is 5. The van der Waals surface area contributed by atoms with Crippen molar-refractivity contribution in [3.05, 3.63) is 106 Å². The van der Waals surface area contributed by atoms with Crippen molar-refractivity contribution in [2.75, 3.05) is 13.1 Å². The van der Waals surface area contributed by atoms with Gasteiger partial charge in [-0.1, -0.05) is 54.0 Å². The molecule has 0 bridgehead atoms. The minimum atomic E-state index is 0.237. The normalized spacial score (nSPS) is 11.8. The van der Waals surface area contributed by atoms with Gasteiger partial charge in [-0.3, -0.25) is 0 Å². The molecule has 0 amide bonds. The molecular weight excluding hydrogens is 453 g/mol. The Balaban J connectivity index is 1.54. The van der Waals surface area contributed by atoms with E-state index in [9.17, 15) is 10.0 Å². The predicted molar refractivity (Wildman–Crippen MR) is 148 cm³/mol. The van der Waals surface area contributed by atoms with E-state index in [0.717, 1.165) is 34.1 Å². The lowest BCUT2D eigenvalue weighted by molar-refractivity contribution is 0.399. The van der Waals surface area contributed by atoms with Crippen molar-refractivity contribution < 1.29 is 5.11 Å². The van der Waals surface area contributed by atoms with Gasteiger partial charge < -0.3 is 26.6 Å². The maximum absolute atomic E-state index is 10.7. The molecular formula is C26H32BN7O2. The molecule has 0 aliphatic carbocycles. The highest BCUT2D eigenvalue weighted by Gasteiger charge is 2.05. The molecule has 3 aromatic carbocycles. The van der Waals surface area contributed by atoms with Crippen LogP contribution in [0, 0.1) is 4.91 Å². The number of nitroso groups, excluding NO2 is 1. The molecule has 0 unspecified atom stereocenters. The second kappa shape index (κ2) is 12.4. The Kier molecular flexibility index (Phi) is 9.10. The summed E-state index contributed by atoms with van der Waals surface area (Å²) in [7, 11) is 1.85. The molecule has 9 nitrogen and oxygen atoms in total. The van der Waals surface area contributed by atoms with E-state index in [1.54, 1.807) is 40.6 Å². The zero-order valence-electron chi connectivity index (χ0n) is 20.3. The first kappa shape index (κ1) is 26.3. The van der Waals surface area contributed by atoms with Crippen LogP contribution < -0.4 is 28.6 Å². The van der Waals surface area contributed by atoms with Crippen LogP contribution in [0.3, 0.4) is 0 Å². The summed E-state index contributed by atoms with van der Waals surface area (Å²) >= 11 is 0. The fourth-order valence-electron chi connectivity index (χ4n) is 3.65. The number of rotatable bonds is 11. The van der Waals surface area contributed by atoms with Gasteiger partial charge in [-0.2, -0.15) is 0 Å². The van der Waals surface area contributed by atoms with E-state index in [-0.39, 0.29) is 5.75 Å². The van der Waals surface area contributed by atoms with Crippen LogP contribution in [0.2, 0.25) is 0 Å². The van der Waals surface area contributed by atoms with Gasteiger partial charge in [-0.05, 0) is 58.5 Å². The van der Waals surface area contributed by atoms with E-state index < -0.39 is 0 Å². The third-order valence-corrected chi connectivity index (χ3v) is 5.77. The predicted octanol–water partition coefficient (Wildman–Crippen LogP) is 1.40. The van der Waals surface area contributed by atoms with Crippen molar-refractivity contribution in [1.29, 1.82) is 0 Å². The maximum atomic E-state index is 10.7. The van der Waals surface area contributed by atoms with Crippen molar-refractivity contribution in [3.8, 4) is 5.75 Å². The van der Waals surface area contributed by atoms with Crippen molar-refractivity contribution in [1.82, 2.24) is 10.0 Å². The van der Waals surface area contributed by atoms with Crippen molar-refractivity contribution in [2.24, 2.45) is 28.3 Å². The molecule has 0 radical (unpaired) electrons. The summed E-state index contributed by atoms with van der Waals surface area (Å²) in [5, 5.41) is 15.5. The van der Waals surface area contributed by atoms with Crippen molar-refractivity contribution in [3.63, 3.8) is 0 Å². The zero-order valence-corrected chi connectivity index (χ0v) is 20.3. The minimum Gasteiger partial charge on any atom is -0.508 e. The van der Waals surface area contributed by atoms with Crippen molar-refractivity contribution >= 4 is 30.4 Å². The molecule has 3 rings (SSSR count). The molecule has 0 atom stereocenters. The van der Waals surface area contributed by atoms with E-state index in [0.29, 0.717) is 36.6 Å². The van der Waals surface area contributed by atoms with Crippen LogP contribution in [-0.4, -0.2) is 36.1 Å². The lowest BCUT2D eigenvalue weighted by Crippen LogP contribution is -2.28. The standard InChI is InChI=1S/C26H32BN7O2/c27-23-15-19(3-10-26(23)32-36)12-14-34(31)17-25(29)21-6-4-20(5-7-21)24(28)16-33(30)13-11-18-1-8-22(35)9-2-18/h1-10,15-17,35H,11-14,27-31H2/b24-16-,25-17-. The molecule has 0 heterocycles. The third kappa shape index (κ3) is 7.62. The lowest BCUT2D eigenvalue weighted by atomic mass is 9.91. The summed E-state index contributed by atoms with van der Waals surface area (Å²) in [6.07, 6.45) is 4.79. The highest BCUT2D eigenvalue weighted by atomic mass is 16.3. The molecule has 3 aromatic rings. The summed E-state index contributed by atoms with van der Waals surface area (Å²) < 4.78 is 0. The highest BCUT2D eigenvalue weighted by molar-refractivity contribution is 6.35. The Hall–Kier alpha value is -4.28. The van der Waals surface area contributed by atoms with Crippen LogP contribution >= 0.6 is 0 Å². The SMILES string of the molecule is Bc1cc(CCN(N)/C=C(\N)c2ccc(/C(N)=C/N(N)CCc3ccc(O)cc3)cc2)ccc1N=O. The first-order chi connectivity index (χ1) is 17.2. The number of hydrazine groups is 2. The first-order valence-corrected chi connectivity index (χ1v) is 11.5. The second-order valence-electron chi connectivity index (χ2n) is 8.60. The van der Waals surface area contributed by atoms with Gasteiger partial charge in [0.05, 0.1) is 11.4 Å². The Morgan fingerprint density at radius 1 is 0.806 bits per heavy atom. The summed E-state index contributed by atoms with van der Waals surface area (Å²) in [4.78, 5) is 10.7. The Bertz CT molecular complexity index is 1230. The lowest BCUT2D eigenvalue weighted by Gasteiger charge is -2.16. The Morgan fingerprint density at radius 2 is 1.28 bits per heavy atom. The van der Waals surface area contributed by atoms with Gasteiger partial charge in [-0.15, -0.1) is 4.91 Å². The summed E-state index contributed by atoms with van der Waals surface area (Å²) in [5.41, 5.74) is 18.6. The van der Waals surface area contributed by atoms with Gasteiger partial charge in [0, 0.05) is 25.5 Å². The van der Waals surface area contributed by atoms with Gasteiger partial charge in [0.1, 0.15) is 19.3 Å². The quantitative estimate of drug-likeness (QED) is 0.118. The second-order valence-corrected chi connectivity index (χ2v) is 8.60. The van der Waals surface area contributed by atoms with E-state index in [1.807, 2.05) is 56.4 Å². The molecule has 36 heavy (non-hydrogen) atoms. The summed E-state index contributed by atoms with van der Waals surface area (Å²) in [6.45, 7) is 1.13. The van der Waals surface area contributed by atoms with E-state index in [1.165, 1.54) is 0 Å². The monoisotopic (exact) mass is 485 g/mol. The van der Waals surface area contributed by atoms with Gasteiger partial charge in [0.15, 0.2) is 0 Å². The average molecular weight is 485 g/mol. The largest absolute Gasteiger partial charge is 0.508 e. The van der Waals surface area contributed by atoms with E-state index in [4.69, 9.17) is 23.2 Å². The van der Waals surface area contributed by atoms with Crippen LogP contribution in [0.25, 0.3) is 11.4 Å². The fraction of sp³-hybridized carbons (Fsp3) is 0.154. The van der Waals surface area contributed by atoms with Crippen LogP contribution in [0.5, 0.6) is 5.75 Å². The topological polar surface area (TPSA) is 160 Å². The molecule has 0 saturated carbocycles. The van der Waals surface area contributed by atoms with E-state index in [2.05, 4.69) is 5.18 Å². The zero-order chi connectivity index (χ0) is 26.1. The molecule has 186 valence electrons. The molecule has 0 fully saturated rings. The number of nitrogens with zero attached hydrogens (tertiary/aromatic N) is 3. The number of benzene rings is 3. The minimum absolute atomic E-state index is 0.237. The molecule has 0 aliphatic rings. The van der Waals surface area contributed by atoms with E-state index >= 15 is 0 Å². The molecule has 0 spiro atoms. The van der Waals surface area contributed by atoms with Gasteiger partial charge in [-0.25, -0.2) is 11.7 Å². The Morgan fingerprint density at radius 3 is 1.75 bits per heavy atom. The van der Waals surface area contributed by atoms with Gasteiger partial charge >= 0.3 is 0 Å². The number of hydrogen-bond acceptors (Lipinski definition) is 9. The molecule has 0 aliphatic heterocycles. The van der Waals surface area contributed by atoms with Crippen molar-refractivity contribution in [2.45, 2.75) is 12.8 Å². The average Bonchev–Trinajstić information content (AvgIpc) is 2.87. The van der Waals surface area contributed by atoms with Gasteiger partial charge in [0.25, 0.3) is 0 Å². The summed E-state index contributed by atoms with van der Waals surface area (Å²) in [6, 6.07) is 20.1. The smallest absolute Gasteiger partial charge is 0.142 e. The fourth-order valence-corrected chi connectivity index (χ4v) is 3.65. The highest BCUT2D eigenvalue weighted by Crippen LogP contribution is 2.16. The number of nitrogens with two attached hydrogens (primary N) is 4. The van der Waals surface area contributed by atoms with Crippen LogP contribution in [0.15, 0.2) is 84.3 Å². The molecule has 0 saturated heterocycles. The molecule has 10 heteroatoms. The molecule has 0 aromatic heterocycles. The van der Waals surface area contributed by atoms with Crippen LogP contribution in [0.1, 0.15) is 22.3 Å². The molecule has 9 N–H and O–H groups in total.